The van der Waals surface area contributed by atoms with Crippen LogP contribution in [-0.2, 0) is 0 Å². The van der Waals surface area contributed by atoms with Crippen LogP contribution in [0.3, 0.4) is 0 Å². The molecule has 2 N–H and O–H groups in total. The molecule has 0 bridgehead atoms. The second kappa shape index (κ2) is 7.33. The van der Waals surface area contributed by atoms with Gasteiger partial charge in [-0.2, -0.15) is 22.3 Å². The summed E-state index contributed by atoms with van der Waals surface area (Å²) in [7, 11) is 1.59. The van der Waals surface area contributed by atoms with Crippen molar-refractivity contribution >= 4 is 23.4 Å². The Morgan fingerprint density at radius 1 is 1.12 bits per heavy atom. The molecular weight excluding hydrogens is 334 g/mol. The number of thioether (sulfide) groups is 1. The van der Waals surface area contributed by atoms with Crippen molar-refractivity contribution in [3.63, 3.8) is 0 Å². The average Bonchev–Trinajstić information content (AvgIpc) is 2.68. The Balaban J connectivity index is 2.22. The maximum Gasteiger partial charge on any atom is 0.149 e. The van der Waals surface area contributed by atoms with E-state index in [0.29, 0.717) is 22.7 Å². The Morgan fingerprint density at radius 3 is 2.32 bits per heavy atom. The molecule has 25 heavy (non-hydrogen) atoms. The third-order valence-corrected chi connectivity index (χ3v) is 5.06. The maximum atomic E-state index is 9.81. The summed E-state index contributed by atoms with van der Waals surface area (Å²) in [5.41, 5.74) is 7.96. The van der Waals surface area contributed by atoms with Gasteiger partial charge in [0.1, 0.15) is 40.7 Å². The minimum absolute atomic E-state index is 0.153. The first-order valence-corrected chi connectivity index (χ1v) is 8.95. The van der Waals surface area contributed by atoms with Crippen molar-refractivity contribution in [1.82, 2.24) is 4.98 Å². The van der Waals surface area contributed by atoms with E-state index in [0.717, 1.165) is 30.2 Å². The minimum atomic E-state index is 0.153. The predicted octanol–water partition coefficient (Wildman–Crippen LogP) is 2.64. The summed E-state index contributed by atoms with van der Waals surface area (Å²) in [6.07, 6.45) is 0. The molecule has 1 saturated heterocycles. The first kappa shape index (κ1) is 16.9. The topological polar surface area (TPSA) is 99.0 Å². The summed E-state index contributed by atoms with van der Waals surface area (Å²) < 4.78 is 5.18. The van der Waals surface area contributed by atoms with E-state index in [1.54, 1.807) is 19.2 Å². The highest BCUT2D eigenvalue weighted by atomic mass is 32.2. The summed E-state index contributed by atoms with van der Waals surface area (Å²) in [5, 5.41) is 19.4. The van der Waals surface area contributed by atoms with Crippen molar-refractivity contribution in [3.8, 4) is 29.0 Å². The molecule has 0 radical (unpaired) electrons. The molecule has 3 rings (SSSR count). The first-order valence-electron chi connectivity index (χ1n) is 7.80. The molecule has 1 aliphatic rings. The zero-order valence-electron chi connectivity index (χ0n) is 13.8. The van der Waals surface area contributed by atoms with Crippen LogP contribution in [0.4, 0.5) is 11.6 Å². The van der Waals surface area contributed by atoms with E-state index in [4.69, 9.17) is 10.5 Å². The number of pyridine rings is 1. The zero-order chi connectivity index (χ0) is 17.8. The average molecular weight is 351 g/mol. The number of methoxy groups -OCH3 is 1. The van der Waals surface area contributed by atoms with Crippen molar-refractivity contribution < 1.29 is 4.74 Å². The molecule has 1 fully saturated rings. The van der Waals surface area contributed by atoms with Gasteiger partial charge in [-0.15, -0.1) is 0 Å². The zero-order valence-corrected chi connectivity index (χ0v) is 14.6. The lowest BCUT2D eigenvalue weighted by atomic mass is 9.95. The van der Waals surface area contributed by atoms with Gasteiger partial charge in [0.05, 0.1) is 7.11 Å². The molecule has 1 aliphatic heterocycles. The van der Waals surface area contributed by atoms with Gasteiger partial charge < -0.3 is 15.4 Å². The quantitative estimate of drug-likeness (QED) is 0.907. The van der Waals surface area contributed by atoms with E-state index in [2.05, 4.69) is 22.0 Å². The highest BCUT2D eigenvalue weighted by Gasteiger charge is 2.24. The number of nitriles is 2. The SMILES string of the molecule is COc1ccc(-c2c(C#N)c(N)nc(N3CCSCC3)c2C#N)cc1. The normalized spacial score (nSPS) is 13.8. The lowest BCUT2D eigenvalue weighted by Gasteiger charge is -2.29. The maximum absolute atomic E-state index is 9.81. The van der Waals surface area contributed by atoms with Crippen LogP contribution in [0, 0.1) is 22.7 Å². The van der Waals surface area contributed by atoms with Crippen LogP contribution < -0.4 is 15.4 Å². The third-order valence-electron chi connectivity index (χ3n) is 4.12. The fourth-order valence-corrected chi connectivity index (χ4v) is 3.76. The Morgan fingerprint density at radius 2 is 1.76 bits per heavy atom. The van der Waals surface area contributed by atoms with Crippen molar-refractivity contribution in [3.05, 3.63) is 35.4 Å². The number of nitrogens with zero attached hydrogens (tertiary/aromatic N) is 4. The second-order valence-corrected chi connectivity index (χ2v) is 6.72. The van der Waals surface area contributed by atoms with E-state index in [1.165, 1.54) is 0 Å². The summed E-state index contributed by atoms with van der Waals surface area (Å²) in [6.45, 7) is 1.61. The van der Waals surface area contributed by atoms with Gasteiger partial charge in [-0.3, -0.25) is 0 Å². The summed E-state index contributed by atoms with van der Waals surface area (Å²) in [5.74, 6) is 3.37. The second-order valence-electron chi connectivity index (χ2n) is 5.50. The number of aromatic nitrogens is 1. The van der Waals surface area contributed by atoms with Crippen LogP contribution in [-0.4, -0.2) is 36.7 Å². The van der Waals surface area contributed by atoms with Crippen LogP contribution in [0.15, 0.2) is 24.3 Å². The Bertz CT molecular complexity index is 861. The summed E-state index contributed by atoms with van der Waals surface area (Å²) in [6, 6.07) is 11.6. The van der Waals surface area contributed by atoms with Gasteiger partial charge in [-0.05, 0) is 17.7 Å². The highest BCUT2D eigenvalue weighted by molar-refractivity contribution is 7.99. The van der Waals surface area contributed by atoms with Crippen LogP contribution in [0.1, 0.15) is 11.1 Å². The third kappa shape index (κ3) is 3.19. The monoisotopic (exact) mass is 351 g/mol. The molecule has 0 saturated carbocycles. The van der Waals surface area contributed by atoms with Gasteiger partial charge in [-0.25, -0.2) is 4.98 Å². The van der Waals surface area contributed by atoms with Gasteiger partial charge >= 0.3 is 0 Å². The summed E-state index contributed by atoms with van der Waals surface area (Å²) >= 11 is 1.87. The number of hydrogen-bond acceptors (Lipinski definition) is 7. The molecule has 1 aromatic carbocycles. The number of anilines is 2. The standard InChI is InChI=1S/C18H17N5OS/c1-24-13-4-2-12(3-5-13)16-14(10-19)17(21)22-18(15(16)11-20)23-6-8-25-9-7-23/h2-5H,6-9H2,1H3,(H2,21,22). The van der Waals surface area contributed by atoms with Crippen molar-refractivity contribution in [2.45, 2.75) is 0 Å². The molecule has 0 amide bonds. The molecule has 0 spiro atoms. The van der Waals surface area contributed by atoms with Crippen LogP contribution in [0.2, 0.25) is 0 Å². The molecule has 0 unspecified atom stereocenters. The van der Waals surface area contributed by atoms with E-state index < -0.39 is 0 Å². The van der Waals surface area contributed by atoms with Gasteiger partial charge in [0.2, 0.25) is 0 Å². The molecule has 1 aromatic heterocycles. The van der Waals surface area contributed by atoms with E-state index in [-0.39, 0.29) is 11.4 Å². The van der Waals surface area contributed by atoms with Crippen molar-refractivity contribution in [2.75, 3.05) is 42.3 Å². The van der Waals surface area contributed by atoms with Gasteiger partial charge in [0, 0.05) is 30.2 Å². The number of ether oxygens (including phenoxy) is 1. The number of nitrogens with two attached hydrogens (primary N) is 1. The lowest BCUT2D eigenvalue weighted by molar-refractivity contribution is 0.415. The molecule has 2 aromatic rings. The van der Waals surface area contributed by atoms with Crippen molar-refractivity contribution in [2.24, 2.45) is 0 Å². The number of benzene rings is 1. The van der Waals surface area contributed by atoms with Gasteiger partial charge in [-0.1, -0.05) is 12.1 Å². The molecule has 0 atom stereocenters. The number of hydrogen-bond donors (Lipinski definition) is 1. The van der Waals surface area contributed by atoms with Crippen LogP contribution in [0.5, 0.6) is 5.75 Å². The molecule has 0 aliphatic carbocycles. The summed E-state index contributed by atoms with van der Waals surface area (Å²) in [4.78, 5) is 6.45. The number of nitrogen functional groups attached to an aromatic ring is 1. The molecular formula is C18H17N5OS. The van der Waals surface area contributed by atoms with Crippen LogP contribution >= 0.6 is 11.8 Å². The molecule has 7 heteroatoms. The van der Waals surface area contributed by atoms with Gasteiger partial charge in [0.25, 0.3) is 0 Å². The fourth-order valence-electron chi connectivity index (χ4n) is 2.86. The highest BCUT2D eigenvalue weighted by Crippen LogP contribution is 2.36. The van der Waals surface area contributed by atoms with E-state index >= 15 is 0 Å². The Labute approximate surface area is 150 Å². The predicted molar refractivity (Wildman–Crippen MR) is 99.6 cm³/mol. The lowest BCUT2D eigenvalue weighted by Crippen LogP contribution is -2.34. The smallest absolute Gasteiger partial charge is 0.149 e. The minimum Gasteiger partial charge on any atom is -0.497 e. The Kier molecular flexibility index (Phi) is 4.97. The molecule has 126 valence electrons. The van der Waals surface area contributed by atoms with E-state index in [9.17, 15) is 10.5 Å². The molecule has 2 heterocycles. The fraction of sp³-hybridized carbons (Fsp3) is 0.278. The largest absolute Gasteiger partial charge is 0.497 e. The Hall–Kier alpha value is -2.90. The van der Waals surface area contributed by atoms with Gasteiger partial charge in [0.15, 0.2) is 0 Å². The molecule has 6 nitrogen and oxygen atoms in total. The van der Waals surface area contributed by atoms with Crippen LogP contribution in [0.25, 0.3) is 11.1 Å². The van der Waals surface area contributed by atoms with E-state index in [1.807, 2.05) is 23.9 Å². The van der Waals surface area contributed by atoms with Crippen molar-refractivity contribution in [1.29, 1.82) is 10.5 Å². The first-order chi connectivity index (χ1) is 12.2. The number of rotatable bonds is 3.